The lowest BCUT2D eigenvalue weighted by molar-refractivity contribution is 0.0713. The van der Waals surface area contributed by atoms with Crippen LogP contribution in [0.25, 0.3) is 10.2 Å². The first-order valence-electron chi connectivity index (χ1n) is 11.6. The van der Waals surface area contributed by atoms with Gasteiger partial charge in [0.15, 0.2) is 11.6 Å². The number of fused-ring (bicyclic) bond motifs is 1. The van der Waals surface area contributed by atoms with E-state index in [9.17, 15) is 18.7 Å². The molecule has 0 aliphatic carbocycles. The van der Waals surface area contributed by atoms with Gasteiger partial charge in [-0.2, -0.15) is 0 Å². The van der Waals surface area contributed by atoms with Gasteiger partial charge in [-0.3, -0.25) is 9.78 Å². The molecule has 3 heterocycles. The number of carbonyl (C=O) groups is 1. The summed E-state index contributed by atoms with van der Waals surface area (Å²) in [6.45, 7) is 1.34. The molecule has 0 unspecified atom stereocenters. The number of halogens is 2. The van der Waals surface area contributed by atoms with E-state index in [1.54, 1.807) is 6.20 Å². The Hall–Kier alpha value is -3.36. The molecule has 0 radical (unpaired) electrons. The van der Waals surface area contributed by atoms with Crippen molar-refractivity contribution in [2.75, 3.05) is 18.4 Å². The molecular weight excluding hydrogens is 468 g/mol. The van der Waals surface area contributed by atoms with Crippen LogP contribution in [-0.2, 0) is 13.2 Å². The SMILES string of the molecule is O=C(c1cnc2c(CO)csc2c1NCc1ccc(F)c(F)c1)N1CCC(c2ccccc2)CC1. The summed E-state index contributed by atoms with van der Waals surface area (Å²) in [5, 5.41) is 14.8. The average molecular weight is 494 g/mol. The summed E-state index contributed by atoms with van der Waals surface area (Å²) >= 11 is 1.39. The maximum absolute atomic E-state index is 13.7. The molecule has 35 heavy (non-hydrogen) atoms. The second-order valence-electron chi connectivity index (χ2n) is 8.72. The van der Waals surface area contributed by atoms with Crippen molar-refractivity contribution >= 4 is 33.1 Å². The summed E-state index contributed by atoms with van der Waals surface area (Å²) in [5.74, 6) is -1.50. The second-order valence-corrected chi connectivity index (χ2v) is 9.60. The van der Waals surface area contributed by atoms with E-state index in [1.807, 2.05) is 28.5 Å². The highest BCUT2D eigenvalue weighted by Gasteiger charge is 2.27. The first-order valence-corrected chi connectivity index (χ1v) is 12.4. The maximum Gasteiger partial charge on any atom is 0.257 e. The fraction of sp³-hybridized carbons (Fsp3) is 0.259. The lowest BCUT2D eigenvalue weighted by Gasteiger charge is -2.32. The van der Waals surface area contributed by atoms with Gasteiger partial charge in [0.25, 0.3) is 5.91 Å². The fourth-order valence-corrected chi connectivity index (χ4v) is 5.67. The predicted molar refractivity (Wildman–Crippen MR) is 134 cm³/mol. The molecule has 2 aromatic carbocycles. The van der Waals surface area contributed by atoms with Crippen LogP contribution in [0, 0.1) is 11.6 Å². The van der Waals surface area contributed by atoms with Crippen molar-refractivity contribution in [2.24, 2.45) is 0 Å². The molecule has 2 aromatic heterocycles. The summed E-state index contributed by atoms with van der Waals surface area (Å²) in [6.07, 6.45) is 3.32. The van der Waals surface area contributed by atoms with E-state index in [0.717, 1.165) is 29.7 Å². The van der Waals surface area contributed by atoms with Crippen molar-refractivity contribution in [1.82, 2.24) is 9.88 Å². The number of nitrogens with zero attached hydrogens (tertiary/aromatic N) is 2. The average Bonchev–Trinajstić information content (AvgIpc) is 3.33. The van der Waals surface area contributed by atoms with Gasteiger partial charge in [-0.1, -0.05) is 36.4 Å². The quantitative estimate of drug-likeness (QED) is 0.362. The minimum atomic E-state index is -0.916. The molecule has 4 aromatic rings. The van der Waals surface area contributed by atoms with Crippen molar-refractivity contribution in [1.29, 1.82) is 0 Å². The molecule has 5 nitrogen and oxygen atoms in total. The molecule has 0 atom stereocenters. The topological polar surface area (TPSA) is 65.5 Å². The number of pyridine rings is 1. The number of likely N-dealkylation sites (tertiary alicyclic amines) is 1. The number of anilines is 1. The summed E-state index contributed by atoms with van der Waals surface area (Å²) in [6, 6.07) is 14.1. The number of nitrogens with one attached hydrogen (secondary N) is 1. The first-order chi connectivity index (χ1) is 17.0. The minimum Gasteiger partial charge on any atom is -0.392 e. The fourth-order valence-electron chi connectivity index (χ4n) is 4.62. The van der Waals surface area contributed by atoms with Crippen LogP contribution in [0.5, 0.6) is 0 Å². The number of benzene rings is 2. The molecule has 1 aliphatic heterocycles. The molecule has 1 aliphatic rings. The summed E-state index contributed by atoms with van der Waals surface area (Å²) in [7, 11) is 0. The molecular formula is C27H25F2N3O2S. The van der Waals surface area contributed by atoms with Gasteiger partial charge < -0.3 is 15.3 Å². The molecule has 2 N–H and O–H groups in total. The van der Waals surface area contributed by atoms with Gasteiger partial charge in [-0.15, -0.1) is 11.3 Å². The zero-order chi connectivity index (χ0) is 24.4. The zero-order valence-electron chi connectivity index (χ0n) is 19.0. The van der Waals surface area contributed by atoms with Crippen LogP contribution in [0.3, 0.4) is 0 Å². The van der Waals surface area contributed by atoms with Crippen LogP contribution in [0.1, 0.15) is 45.8 Å². The highest BCUT2D eigenvalue weighted by atomic mass is 32.1. The van der Waals surface area contributed by atoms with Crippen LogP contribution < -0.4 is 5.32 Å². The van der Waals surface area contributed by atoms with Gasteiger partial charge in [0, 0.05) is 31.4 Å². The lowest BCUT2D eigenvalue weighted by atomic mass is 9.89. The van der Waals surface area contributed by atoms with Crippen LogP contribution in [0.2, 0.25) is 0 Å². The molecule has 1 saturated heterocycles. The van der Waals surface area contributed by atoms with Gasteiger partial charge in [-0.05, 0) is 47.4 Å². The minimum absolute atomic E-state index is 0.113. The molecule has 1 fully saturated rings. The Morgan fingerprint density at radius 1 is 1.11 bits per heavy atom. The molecule has 1 amide bonds. The zero-order valence-corrected chi connectivity index (χ0v) is 19.8. The van der Waals surface area contributed by atoms with Crippen LogP contribution >= 0.6 is 11.3 Å². The monoisotopic (exact) mass is 493 g/mol. The largest absolute Gasteiger partial charge is 0.392 e. The third kappa shape index (κ3) is 4.76. The normalized spacial score (nSPS) is 14.4. The van der Waals surface area contributed by atoms with Crippen molar-refractivity contribution in [3.8, 4) is 0 Å². The van der Waals surface area contributed by atoms with E-state index in [4.69, 9.17) is 0 Å². The van der Waals surface area contributed by atoms with Gasteiger partial charge >= 0.3 is 0 Å². The van der Waals surface area contributed by atoms with Crippen LogP contribution in [0.15, 0.2) is 60.1 Å². The predicted octanol–water partition coefficient (Wildman–Crippen LogP) is 5.70. The van der Waals surface area contributed by atoms with Crippen molar-refractivity contribution in [2.45, 2.75) is 31.9 Å². The second kappa shape index (κ2) is 10.1. The van der Waals surface area contributed by atoms with E-state index in [0.29, 0.717) is 46.9 Å². The molecule has 0 saturated carbocycles. The standard InChI is InChI=1S/C27H25F2N3O2S/c28-22-7-6-17(12-23(22)29)13-30-25-21(14-31-24-20(15-33)16-35-26(24)25)27(34)32-10-8-19(9-11-32)18-4-2-1-3-5-18/h1-7,12,14,16,19,33H,8-11,13,15H2,(H,30,31). The van der Waals surface area contributed by atoms with E-state index in [1.165, 1.54) is 23.0 Å². The van der Waals surface area contributed by atoms with E-state index < -0.39 is 11.6 Å². The van der Waals surface area contributed by atoms with E-state index in [-0.39, 0.29) is 19.1 Å². The Morgan fingerprint density at radius 2 is 1.89 bits per heavy atom. The number of aliphatic hydroxyl groups is 1. The number of carbonyl (C=O) groups excluding carboxylic acids is 1. The summed E-state index contributed by atoms with van der Waals surface area (Å²) < 4.78 is 27.8. The Kier molecular flexibility index (Phi) is 6.74. The number of aromatic nitrogens is 1. The summed E-state index contributed by atoms with van der Waals surface area (Å²) in [5.41, 5.74) is 4.19. The molecule has 8 heteroatoms. The summed E-state index contributed by atoms with van der Waals surface area (Å²) in [4.78, 5) is 19.9. The lowest BCUT2D eigenvalue weighted by Crippen LogP contribution is -2.38. The number of piperidine rings is 1. The smallest absolute Gasteiger partial charge is 0.257 e. The molecule has 5 rings (SSSR count). The number of hydrogen-bond donors (Lipinski definition) is 2. The van der Waals surface area contributed by atoms with E-state index in [2.05, 4.69) is 22.4 Å². The number of thiophene rings is 1. The maximum atomic E-state index is 13.7. The van der Waals surface area contributed by atoms with Crippen molar-refractivity contribution in [3.63, 3.8) is 0 Å². The molecule has 0 bridgehead atoms. The van der Waals surface area contributed by atoms with Gasteiger partial charge in [-0.25, -0.2) is 8.78 Å². The third-order valence-corrected chi connectivity index (χ3v) is 7.60. The number of hydrogen-bond acceptors (Lipinski definition) is 5. The Bertz CT molecular complexity index is 1350. The third-order valence-electron chi connectivity index (χ3n) is 6.56. The number of amides is 1. The Morgan fingerprint density at radius 3 is 2.60 bits per heavy atom. The van der Waals surface area contributed by atoms with Crippen molar-refractivity contribution < 1.29 is 18.7 Å². The van der Waals surface area contributed by atoms with E-state index >= 15 is 0 Å². The van der Waals surface area contributed by atoms with Gasteiger partial charge in [0.2, 0.25) is 0 Å². The first kappa shape index (κ1) is 23.4. The van der Waals surface area contributed by atoms with Crippen molar-refractivity contribution in [3.05, 3.63) is 94.0 Å². The van der Waals surface area contributed by atoms with Crippen LogP contribution in [0.4, 0.5) is 14.5 Å². The Balaban J connectivity index is 1.40. The number of aliphatic hydroxyl groups excluding tert-OH is 1. The molecule has 180 valence electrons. The number of rotatable bonds is 6. The molecule has 0 spiro atoms. The highest BCUT2D eigenvalue weighted by Crippen LogP contribution is 2.35. The van der Waals surface area contributed by atoms with Gasteiger partial charge in [0.05, 0.1) is 28.1 Å². The Labute approximate surface area is 206 Å². The van der Waals surface area contributed by atoms with Crippen LogP contribution in [-0.4, -0.2) is 34.0 Å². The van der Waals surface area contributed by atoms with Gasteiger partial charge in [0.1, 0.15) is 0 Å². The highest BCUT2D eigenvalue weighted by molar-refractivity contribution is 7.18.